The normalized spacial score (nSPS) is 10.8. The lowest BCUT2D eigenvalue weighted by molar-refractivity contribution is -0.126. The Labute approximate surface area is 109 Å². The zero-order chi connectivity index (χ0) is 13.8. The first-order chi connectivity index (χ1) is 9.11. The summed E-state index contributed by atoms with van der Waals surface area (Å²) in [6.07, 6.45) is 0. The lowest BCUT2D eigenvalue weighted by Gasteiger charge is -2.05. The molecule has 0 spiro atoms. The molecule has 102 valence electrons. The van der Waals surface area contributed by atoms with E-state index in [9.17, 15) is 9.59 Å². The number of oxazole rings is 1. The smallest absolute Gasteiger partial charge is 0.408 e. The molecule has 2 rings (SSSR count). The summed E-state index contributed by atoms with van der Waals surface area (Å²) in [5.74, 6) is -0.652. The predicted octanol–water partition coefficient (Wildman–Crippen LogP) is -0.101. The maximum absolute atomic E-state index is 11.3. The molecule has 0 aliphatic rings. The maximum Gasteiger partial charge on any atom is 0.419 e. The number of ether oxygens (including phenoxy) is 1. The van der Waals surface area contributed by atoms with E-state index in [0.717, 1.165) is 5.56 Å². The fourth-order valence-electron chi connectivity index (χ4n) is 1.70. The molecule has 0 aliphatic heterocycles. The molecule has 19 heavy (non-hydrogen) atoms. The average molecular weight is 265 g/mol. The maximum atomic E-state index is 11.3. The third-order valence-electron chi connectivity index (χ3n) is 2.62. The molecule has 0 fully saturated rings. The van der Waals surface area contributed by atoms with Gasteiger partial charge >= 0.3 is 5.76 Å². The first-order valence-electron chi connectivity index (χ1n) is 5.73. The molecular formula is C12H15N3O4. The molecule has 2 N–H and O–H groups in total. The number of hydrogen-bond donors (Lipinski definition) is 2. The van der Waals surface area contributed by atoms with Crippen LogP contribution in [0.5, 0.6) is 0 Å². The minimum Gasteiger partial charge on any atom is -0.408 e. The molecule has 7 nitrogen and oxygen atoms in total. The molecule has 0 radical (unpaired) electrons. The van der Waals surface area contributed by atoms with Crippen LogP contribution in [0.3, 0.4) is 0 Å². The summed E-state index contributed by atoms with van der Waals surface area (Å²) in [7, 11) is 3.24. The second kappa shape index (κ2) is 5.68. The highest BCUT2D eigenvalue weighted by Crippen LogP contribution is 2.14. The van der Waals surface area contributed by atoms with E-state index in [-0.39, 0.29) is 19.1 Å². The van der Waals surface area contributed by atoms with Gasteiger partial charge in [-0.2, -0.15) is 0 Å². The summed E-state index contributed by atoms with van der Waals surface area (Å²) in [6.45, 7) is 0.246. The number of carbonyl (C=O) groups is 1. The summed E-state index contributed by atoms with van der Waals surface area (Å²) in [4.78, 5) is 22.5. The number of nitrogens with zero attached hydrogens (tertiary/aromatic N) is 1. The monoisotopic (exact) mass is 265 g/mol. The molecule has 0 saturated heterocycles. The Kier molecular flexibility index (Phi) is 3.98. The van der Waals surface area contributed by atoms with Gasteiger partial charge in [-0.1, -0.05) is 6.07 Å². The van der Waals surface area contributed by atoms with Gasteiger partial charge < -0.3 is 9.15 Å². The van der Waals surface area contributed by atoms with E-state index >= 15 is 0 Å². The van der Waals surface area contributed by atoms with Crippen LogP contribution in [0.1, 0.15) is 5.56 Å². The van der Waals surface area contributed by atoms with E-state index in [1.807, 2.05) is 0 Å². The van der Waals surface area contributed by atoms with E-state index in [4.69, 9.17) is 9.15 Å². The van der Waals surface area contributed by atoms with Gasteiger partial charge in [0.2, 0.25) is 0 Å². The van der Waals surface area contributed by atoms with Crippen molar-refractivity contribution in [2.75, 3.05) is 13.7 Å². The Balaban J connectivity index is 2.03. The van der Waals surface area contributed by atoms with Crippen LogP contribution in [-0.4, -0.2) is 24.1 Å². The van der Waals surface area contributed by atoms with Crippen molar-refractivity contribution in [1.29, 1.82) is 0 Å². The largest absolute Gasteiger partial charge is 0.419 e. The fourth-order valence-corrected chi connectivity index (χ4v) is 1.70. The van der Waals surface area contributed by atoms with E-state index in [1.165, 1.54) is 4.57 Å². The summed E-state index contributed by atoms with van der Waals surface area (Å²) >= 11 is 0. The zero-order valence-electron chi connectivity index (χ0n) is 10.7. The van der Waals surface area contributed by atoms with Crippen molar-refractivity contribution in [3.63, 3.8) is 0 Å². The molecule has 0 bridgehead atoms. The molecule has 0 aliphatic carbocycles. The van der Waals surface area contributed by atoms with Crippen molar-refractivity contribution < 1.29 is 13.9 Å². The van der Waals surface area contributed by atoms with Crippen molar-refractivity contribution >= 4 is 17.0 Å². The van der Waals surface area contributed by atoms with Crippen LogP contribution < -0.4 is 16.6 Å². The van der Waals surface area contributed by atoms with Crippen LogP contribution in [0.2, 0.25) is 0 Å². The Bertz CT molecular complexity index is 644. The minimum absolute atomic E-state index is 0.0385. The Morgan fingerprint density at radius 3 is 3.00 bits per heavy atom. The molecular weight excluding hydrogens is 250 g/mol. The Morgan fingerprint density at radius 1 is 1.47 bits per heavy atom. The number of hydrogen-bond acceptors (Lipinski definition) is 5. The van der Waals surface area contributed by atoms with Crippen molar-refractivity contribution in [2.24, 2.45) is 7.05 Å². The summed E-state index contributed by atoms with van der Waals surface area (Å²) in [5, 5.41) is 0. The number of rotatable bonds is 5. The van der Waals surface area contributed by atoms with E-state index in [1.54, 1.807) is 32.3 Å². The van der Waals surface area contributed by atoms with Gasteiger partial charge in [-0.3, -0.25) is 14.8 Å². The van der Waals surface area contributed by atoms with Crippen molar-refractivity contribution in [2.45, 2.75) is 6.61 Å². The van der Waals surface area contributed by atoms with Crippen LogP contribution in [0.25, 0.3) is 11.1 Å². The molecule has 1 heterocycles. The van der Waals surface area contributed by atoms with Crippen LogP contribution >= 0.6 is 0 Å². The van der Waals surface area contributed by atoms with E-state index in [2.05, 4.69) is 10.9 Å². The number of aromatic nitrogens is 1. The molecule has 1 aromatic heterocycles. The first-order valence-corrected chi connectivity index (χ1v) is 5.73. The van der Waals surface area contributed by atoms with Crippen molar-refractivity contribution in [1.82, 2.24) is 15.4 Å². The highest BCUT2D eigenvalue weighted by molar-refractivity contribution is 5.76. The number of carbonyl (C=O) groups excluding carboxylic acids is 1. The second-order valence-corrected chi connectivity index (χ2v) is 4.02. The van der Waals surface area contributed by atoms with Gasteiger partial charge in [0.1, 0.15) is 6.61 Å². The highest BCUT2D eigenvalue weighted by atomic mass is 16.5. The van der Waals surface area contributed by atoms with Crippen molar-refractivity contribution in [3.05, 3.63) is 34.3 Å². The molecule has 0 unspecified atom stereocenters. The average Bonchev–Trinajstić information content (AvgIpc) is 2.66. The number of nitrogens with one attached hydrogen (secondary N) is 2. The van der Waals surface area contributed by atoms with Gasteiger partial charge in [-0.15, -0.1) is 0 Å². The fraction of sp³-hybridized carbons (Fsp3) is 0.333. The summed E-state index contributed by atoms with van der Waals surface area (Å²) in [6, 6.07) is 5.31. The SMILES string of the molecule is CNNC(=O)COCc1ccc2oc(=O)n(C)c2c1. The van der Waals surface area contributed by atoms with Gasteiger partial charge in [-0.05, 0) is 17.7 Å². The number of aryl methyl sites for hydroxylation is 1. The van der Waals surface area contributed by atoms with Gasteiger partial charge in [0.05, 0.1) is 12.1 Å². The third kappa shape index (κ3) is 3.01. The zero-order valence-corrected chi connectivity index (χ0v) is 10.7. The third-order valence-corrected chi connectivity index (χ3v) is 2.62. The van der Waals surface area contributed by atoms with Gasteiger partial charge in [0.25, 0.3) is 5.91 Å². The Hall–Kier alpha value is -2.12. The van der Waals surface area contributed by atoms with Crippen molar-refractivity contribution in [3.8, 4) is 0 Å². The molecule has 7 heteroatoms. The van der Waals surface area contributed by atoms with Gasteiger partial charge in [-0.25, -0.2) is 10.2 Å². The number of hydrazine groups is 1. The highest BCUT2D eigenvalue weighted by Gasteiger charge is 2.07. The topological polar surface area (TPSA) is 85.5 Å². The van der Waals surface area contributed by atoms with Crippen LogP contribution in [0, 0.1) is 0 Å². The van der Waals surface area contributed by atoms with E-state index < -0.39 is 5.76 Å². The van der Waals surface area contributed by atoms with Crippen LogP contribution in [-0.2, 0) is 23.2 Å². The van der Waals surface area contributed by atoms with Gasteiger partial charge in [0.15, 0.2) is 5.58 Å². The molecule has 0 atom stereocenters. The molecule has 0 saturated carbocycles. The molecule has 1 aromatic carbocycles. The van der Waals surface area contributed by atoms with E-state index in [0.29, 0.717) is 11.1 Å². The molecule has 2 aromatic rings. The first kappa shape index (κ1) is 13.3. The quantitative estimate of drug-likeness (QED) is 0.737. The molecule has 1 amide bonds. The summed E-state index contributed by atoms with van der Waals surface area (Å²) in [5.41, 5.74) is 7.01. The number of amides is 1. The number of fused-ring (bicyclic) bond motifs is 1. The Morgan fingerprint density at radius 2 is 2.26 bits per heavy atom. The van der Waals surface area contributed by atoms with Crippen LogP contribution in [0.4, 0.5) is 0 Å². The van der Waals surface area contributed by atoms with Crippen LogP contribution in [0.15, 0.2) is 27.4 Å². The summed E-state index contributed by atoms with van der Waals surface area (Å²) < 4.78 is 11.7. The standard InChI is InChI=1S/C12H15N3O4/c1-13-14-11(16)7-18-6-8-3-4-10-9(5-8)15(2)12(17)19-10/h3-5,13H,6-7H2,1-2H3,(H,14,16). The number of benzene rings is 1. The lowest BCUT2D eigenvalue weighted by atomic mass is 10.2. The second-order valence-electron chi connectivity index (χ2n) is 4.02. The predicted molar refractivity (Wildman–Crippen MR) is 68.3 cm³/mol. The minimum atomic E-state index is -0.401. The lowest BCUT2D eigenvalue weighted by Crippen LogP contribution is -2.36. The van der Waals surface area contributed by atoms with Gasteiger partial charge in [0, 0.05) is 14.1 Å².